The van der Waals surface area contributed by atoms with Gasteiger partial charge in [0.1, 0.15) is 5.82 Å². The maximum Gasteiger partial charge on any atom is 0.316 e. The first-order chi connectivity index (χ1) is 12.0. The highest BCUT2D eigenvalue weighted by Crippen LogP contribution is 2.46. The number of piperidine rings is 1. The summed E-state index contributed by atoms with van der Waals surface area (Å²) < 4.78 is 13.5. The van der Waals surface area contributed by atoms with Gasteiger partial charge in [0, 0.05) is 30.0 Å². The number of thioether (sulfide) groups is 1. The molecule has 2 aliphatic heterocycles. The summed E-state index contributed by atoms with van der Waals surface area (Å²) in [5.41, 5.74) is 6.50. The van der Waals surface area contributed by atoms with E-state index in [0.29, 0.717) is 17.0 Å². The van der Waals surface area contributed by atoms with Gasteiger partial charge in [-0.2, -0.15) is 0 Å². The Hall–Kier alpha value is -2.06. The molecular weight excluding hydrogens is 343 g/mol. The maximum absolute atomic E-state index is 13.5. The number of allylic oxidation sites excluding steroid dienone is 1. The Morgan fingerprint density at radius 3 is 2.88 bits per heavy atom. The minimum absolute atomic E-state index is 0.0670. The summed E-state index contributed by atoms with van der Waals surface area (Å²) in [6.07, 6.45) is 2.35. The first-order valence-corrected chi connectivity index (χ1v) is 9.14. The molecule has 1 aromatic rings. The van der Waals surface area contributed by atoms with Crippen LogP contribution in [0.1, 0.15) is 30.1 Å². The van der Waals surface area contributed by atoms with E-state index in [1.165, 1.54) is 23.9 Å². The second-order valence-corrected chi connectivity index (χ2v) is 7.39. The molecule has 8 heteroatoms. The van der Waals surface area contributed by atoms with Gasteiger partial charge < -0.3 is 21.7 Å². The number of amides is 3. The van der Waals surface area contributed by atoms with E-state index in [0.717, 1.165) is 31.5 Å². The molecule has 1 fully saturated rings. The number of nitrogens with two attached hydrogens (primary N) is 1. The third-order valence-electron chi connectivity index (χ3n) is 4.26. The number of carbonyl (C=O) groups excluding carboxylic acids is 2. The lowest BCUT2D eigenvalue weighted by molar-refractivity contribution is -0.117. The molecule has 5 N–H and O–H groups in total. The third kappa shape index (κ3) is 4.52. The second-order valence-electron chi connectivity index (χ2n) is 6.18. The summed E-state index contributed by atoms with van der Waals surface area (Å²) in [5.74, 6) is -0.546. The zero-order chi connectivity index (χ0) is 17.8. The fourth-order valence-electron chi connectivity index (χ4n) is 3.10. The zero-order valence-electron chi connectivity index (χ0n) is 13.7. The van der Waals surface area contributed by atoms with Crippen LogP contribution >= 0.6 is 11.8 Å². The second kappa shape index (κ2) is 7.88. The van der Waals surface area contributed by atoms with Crippen LogP contribution in [0.15, 0.2) is 34.9 Å². The summed E-state index contributed by atoms with van der Waals surface area (Å²) in [7, 11) is 0. The smallest absolute Gasteiger partial charge is 0.316 e. The normalized spacial score (nSPS) is 23.4. The predicted octanol–water partition coefficient (Wildman–Crippen LogP) is 1.75. The SMILES string of the molecule is NC(=O)NC1=C(C(=O)N[C@H]2CCCNC2)SC(c2cccc(F)c2)C1. The Balaban J connectivity index is 1.75. The number of urea groups is 1. The minimum Gasteiger partial charge on any atom is -0.351 e. The molecule has 2 atom stereocenters. The summed E-state index contributed by atoms with van der Waals surface area (Å²) in [4.78, 5) is 24.4. The molecule has 6 nitrogen and oxygen atoms in total. The van der Waals surface area contributed by atoms with E-state index in [-0.39, 0.29) is 23.0 Å². The van der Waals surface area contributed by atoms with Crippen molar-refractivity contribution in [3.05, 3.63) is 46.2 Å². The van der Waals surface area contributed by atoms with Crippen molar-refractivity contribution in [1.82, 2.24) is 16.0 Å². The van der Waals surface area contributed by atoms with Crippen LogP contribution in [0.3, 0.4) is 0 Å². The maximum atomic E-state index is 13.5. The van der Waals surface area contributed by atoms with Gasteiger partial charge in [0.25, 0.3) is 5.91 Å². The van der Waals surface area contributed by atoms with E-state index in [4.69, 9.17) is 5.73 Å². The number of rotatable bonds is 4. The molecule has 134 valence electrons. The Kier molecular flexibility index (Phi) is 5.60. The average Bonchev–Trinajstić information content (AvgIpc) is 2.99. The van der Waals surface area contributed by atoms with Crippen molar-refractivity contribution in [3.63, 3.8) is 0 Å². The first kappa shape index (κ1) is 17.8. The van der Waals surface area contributed by atoms with Crippen LogP contribution in [0.25, 0.3) is 0 Å². The summed E-state index contributed by atoms with van der Waals surface area (Å²) >= 11 is 1.33. The van der Waals surface area contributed by atoms with E-state index in [1.807, 2.05) is 6.07 Å². The van der Waals surface area contributed by atoms with Gasteiger partial charge in [-0.1, -0.05) is 12.1 Å². The number of carbonyl (C=O) groups is 2. The number of benzene rings is 1. The van der Waals surface area contributed by atoms with Crippen molar-refractivity contribution >= 4 is 23.7 Å². The number of hydrogen-bond donors (Lipinski definition) is 4. The lowest BCUT2D eigenvalue weighted by Crippen LogP contribution is -2.46. The van der Waals surface area contributed by atoms with E-state index < -0.39 is 6.03 Å². The lowest BCUT2D eigenvalue weighted by Gasteiger charge is -2.24. The van der Waals surface area contributed by atoms with E-state index in [2.05, 4.69) is 16.0 Å². The molecule has 1 aromatic carbocycles. The van der Waals surface area contributed by atoms with E-state index in [9.17, 15) is 14.0 Å². The number of hydrogen-bond acceptors (Lipinski definition) is 4. The van der Waals surface area contributed by atoms with Gasteiger partial charge in [-0.25, -0.2) is 9.18 Å². The Morgan fingerprint density at radius 2 is 2.20 bits per heavy atom. The molecule has 0 radical (unpaired) electrons. The van der Waals surface area contributed by atoms with Gasteiger partial charge in [-0.05, 0) is 37.1 Å². The van der Waals surface area contributed by atoms with Crippen LogP contribution < -0.4 is 21.7 Å². The number of halogens is 1. The fraction of sp³-hybridized carbons (Fsp3) is 0.412. The fourth-order valence-corrected chi connectivity index (χ4v) is 4.36. The molecule has 0 aromatic heterocycles. The van der Waals surface area contributed by atoms with Crippen LogP contribution in [0.5, 0.6) is 0 Å². The molecule has 1 unspecified atom stereocenters. The van der Waals surface area contributed by atoms with Gasteiger partial charge in [-0.3, -0.25) is 4.79 Å². The number of primary amides is 1. The van der Waals surface area contributed by atoms with Crippen LogP contribution in [-0.2, 0) is 4.79 Å². The van der Waals surface area contributed by atoms with Crippen LogP contribution in [0.2, 0.25) is 0 Å². The highest BCUT2D eigenvalue weighted by atomic mass is 32.2. The molecular formula is C17H21FN4O2S. The van der Waals surface area contributed by atoms with Crippen molar-refractivity contribution in [1.29, 1.82) is 0 Å². The van der Waals surface area contributed by atoms with Gasteiger partial charge in [0.15, 0.2) is 0 Å². The highest BCUT2D eigenvalue weighted by molar-refractivity contribution is 8.04. The third-order valence-corrected chi connectivity index (χ3v) is 5.65. The monoisotopic (exact) mass is 364 g/mol. The molecule has 3 rings (SSSR count). The molecule has 0 bridgehead atoms. The summed E-state index contributed by atoms with van der Waals surface area (Å²) in [6, 6.07) is 5.64. The van der Waals surface area contributed by atoms with Gasteiger partial charge in [0.2, 0.25) is 0 Å². The predicted molar refractivity (Wildman–Crippen MR) is 95.1 cm³/mol. The molecule has 0 aliphatic carbocycles. The average molecular weight is 364 g/mol. The van der Waals surface area contributed by atoms with Crippen LogP contribution in [0, 0.1) is 5.82 Å². The topological polar surface area (TPSA) is 96.2 Å². The quantitative estimate of drug-likeness (QED) is 0.654. The molecule has 1 saturated heterocycles. The van der Waals surface area contributed by atoms with Gasteiger partial charge in [-0.15, -0.1) is 11.8 Å². The first-order valence-electron chi connectivity index (χ1n) is 8.26. The zero-order valence-corrected chi connectivity index (χ0v) is 14.5. The summed E-state index contributed by atoms with van der Waals surface area (Å²) in [5, 5.41) is 8.66. The van der Waals surface area contributed by atoms with Gasteiger partial charge in [0.05, 0.1) is 4.91 Å². The van der Waals surface area contributed by atoms with Crippen molar-refractivity contribution < 1.29 is 14.0 Å². The highest BCUT2D eigenvalue weighted by Gasteiger charge is 2.32. The number of nitrogens with one attached hydrogen (secondary N) is 3. The van der Waals surface area contributed by atoms with Gasteiger partial charge >= 0.3 is 6.03 Å². The Bertz CT molecular complexity index is 704. The lowest BCUT2D eigenvalue weighted by atomic mass is 10.1. The van der Waals surface area contributed by atoms with Crippen LogP contribution in [-0.4, -0.2) is 31.1 Å². The largest absolute Gasteiger partial charge is 0.351 e. The van der Waals surface area contributed by atoms with Crippen molar-refractivity contribution in [2.75, 3.05) is 13.1 Å². The minimum atomic E-state index is -0.708. The van der Waals surface area contributed by atoms with Crippen LogP contribution in [0.4, 0.5) is 9.18 Å². The summed E-state index contributed by atoms with van der Waals surface area (Å²) in [6.45, 7) is 1.69. The standard InChI is InChI=1S/C17H21FN4O2S/c18-11-4-1-3-10(7-11)14-8-13(22-17(19)24)15(25-14)16(23)21-12-5-2-6-20-9-12/h1,3-4,7,12,14,20H,2,5-6,8-9H2,(H,21,23)(H3,19,22,24)/t12-,14?/m0/s1. The molecule has 2 heterocycles. The van der Waals surface area contributed by atoms with Crippen molar-refractivity contribution in [2.24, 2.45) is 5.73 Å². The Morgan fingerprint density at radius 1 is 1.36 bits per heavy atom. The Labute approximate surface area is 149 Å². The molecule has 0 saturated carbocycles. The van der Waals surface area contributed by atoms with E-state index in [1.54, 1.807) is 6.07 Å². The molecule has 3 amide bonds. The van der Waals surface area contributed by atoms with Crippen molar-refractivity contribution in [3.8, 4) is 0 Å². The van der Waals surface area contributed by atoms with Crippen molar-refractivity contribution in [2.45, 2.75) is 30.6 Å². The molecule has 0 spiro atoms. The van der Waals surface area contributed by atoms with E-state index >= 15 is 0 Å². The molecule has 2 aliphatic rings. The molecule has 25 heavy (non-hydrogen) atoms.